The fourth-order valence-corrected chi connectivity index (χ4v) is 7.18. The molecule has 3 heterocycles. The summed E-state index contributed by atoms with van der Waals surface area (Å²) >= 11 is 0. The number of esters is 1. The van der Waals surface area contributed by atoms with Crippen LogP contribution in [0, 0.1) is 5.92 Å². The molecule has 0 spiro atoms. The van der Waals surface area contributed by atoms with Crippen molar-refractivity contribution in [1.82, 2.24) is 15.6 Å². The van der Waals surface area contributed by atoms with E-state index in [4.69, 9.17) is 24.2 Å². The van der Waals surface area contributed by atoms with Gasteiger partial charge in [-0.15, -0.1) is 0 Å². The van der Waals surface area contributed by atoms with Crippen LogP contribution in [0.2, 0.25) is 0 Å². The second-order valence-corrected chi connectivity index (χ2v) is 14.8. The van der Waals surface area contributed by atoms with Gasteiger partial charge in [0.05, 0.1) is 17.2 Å². The number of aromatic nitrogens is 1. The lowest BCUT2D eigenvalue weighted by Crippen LogP contribution is -2.44. The molecule has 2 unspecified atom stereocenters. The molecule has 10 nitrogen and oxygen atoms in total. The minimum atomic E-state index is -0.527. The first kappa shape index (κ1) is 38.4. The second kappa shape index (κ2) is 18.2. The van der Waals surface area contributed by atoms with Crippen molar-refractivity contribution < 1.29 is 23.8 Å². The van der Waals surface area contributed by atoms with Gasteiger partial charge in [-0.2, -0.15) is 0 Å². The van der Waals surface area contributed by atoms with E-state index in [1.54, 1.807) is 0 Å². The third-order valence-electron chi connectivity index (χ3n) is 10.6. The molecule has 2 aliphatic heterocycles. The Morgan fingerprint density at radius 2 is 1.57 bits per heavy atom. The number of rotatable bonds is 15. The summed E-state index contributed by atoms with van der Waals surface area (Å²) in [5.41, 5.74) is 8.48. The maximum Gasteiger partial charge on any atom is 0.325 e. The molecule has 2 fully saturated rings. The number of hydrogen-bond acceptors (Lipinski definition) is 9. The lowest BCUT2D eigenvalue weighted by molar-refractivity contribution is -0.144. The van der Waals surface area contributed by atoms with Crippen LogP contribution in [-0.4, -0.2) is 48.4 Å². The number of carbonyl (C=O) groups is 2. The number of amides is 1. The van der Waals surface area contributed by atoms with Crippen LogP contribution >= 0.6 is 0 Å². The number of piperidine rings is 1. The number of aliphatic imine (C=N–C) groups is 1. The number of nitrogens with zero attached hydrogens (tertiary/aromatic N) is 3. The van der Waals surface area contributed by atoms with Crippen LogP contribution in [0.3, 0.4) is 0 Å². The van der Waals surface area contributed by atoms with E-state index >= 15 is 0 Å². The third-order valence-corrected chi connectivity index (χ3v) is 10.6. The Kier molecular flexibility index (Phi) is 12.4. The Labute approximate surface area is 329 Å². The number of hydrogen-bond donors (Lipinski definition) is 2. The smallest absolute Gasteiger partial charge is 0.325 e. The Bertz CT molecular complexity index is 2050. The standard InChI is InChI=1S/C46H51N5O5/c1-31-45(55-30-36-12-8-5-9-13-36)44(46(53)48-28-43(52)54-29-35-10-6-4-7-11-35)50-42(49-31)26-34-22-24-51(25-23-34)40-19-16-38(17-20-40)41-21-18-39(27-47-41)33(3)56-32(2)37-14-15-37/h4-13,16-21,27,33-34,42,49H,14-15,22-26,28-30H2,1-3H3,(H,48,53). The molecule has 290 valence electrons. The van der Waals surface area contributed by atoms with Crippen molar-refractivity contribution in [2.45, 2.75) is 78.4 Å². The first-order chi connectivity index (χ1) is 27.3. The summed E-state index contributed by atoms with van der Waals surface area (Å²) in [4.78, 5) is 38.2. The first-order valence-electron chi connectivity index (χ1n) is 19.7. The molecule has 2 atom stereocenters. The van der Waals surface area contributed by atoms with Gasteiger partial charge in [0.25, 0.3) is 5.91 Å². The van der Waals surface area contributed by atoms with Gasteiger partial charge in [0.2, 0.25) is 0 Å². The summed E-state index contributed by atoms with van der Waals surface area (Å²) in [7, 11) is 0. The fraction of sp³-hybridized carbons (Fsp3) is 0.348. The quantitative estimate of drug-likeness (QED) is 0.0924. The second-order valence-electron chi connectivity index (χ2n) is 14.8. The van der Waals surface area contributed by atoms with E-state index in [-0.39, 0.29) is 37.7 Å². The van der Waals surface area contributed by atoms with Crippen LogP contribution in [0.4, 0.5) is 5.69 Å². The van der Waals surface area contributed by atoms with E-state index < -0.39 is 11.9 Å². The van der Waals surface area contributed by atoms with Crippen LogP contribution in [0.15, 0.2) is 131 Å². The van der Waals surface area contributed by atoms with Gasteiger partial charge in [-0.1, -0.05) is 78.9 Å². The van der Waals surface area contributed by atoms with Gasteiger partial charge in [-0.3, -0.25) is 19.6 Å². The van der Waals surface area contributed by atoms with Crippen molar-refractivity contribution in [3.05, 3.63) is 143 Å². The molecule has 10 heteroatoms. The number of nitrogens with one attached hydrogen (secondary N) is 2. The predicted molar refractivity (Wildman–Crippen MR) is 218 cm³/mol. The molecule has 0 bridgehead atoms. The fourth-order valence-electron chi connectivity index (χ4n) is 7.18. The zero-order chi connectivity index (χ0) is 38.9. The van der Waals surface area contributed by atoms with Gasteiger partial charge < -0.3 is 29.7 Å². The molecule has 4 aromatic rings. The Morgan fingerprint density at radius 3 is 2.21 bits per heavy atom. The molecule has 3 aromatic carbocycles. The van der Waals surface area contributed by atoms with E-state index in [0.717, 1.165) is 84.6 Å². The van der Waals surface area contributed by atoms with Crippen LogP contribution in [0.5, 0.6) is 0 Å². The van der Waals surface area contributed by atoms with Crippen molar-refractivity contribution in [1.29, 1.82) is 0 Å². The van der Waals surface area contributed by atoms with Crippen LogP contribution in [0.1, 0.15) is 75.7 Å². The SMILES string of the molecule is CC1=C(OCc2ccccc2)C(C(=O)NCC(=O)OCc2ccccc2)=NC(CC2CCN(c3ccc(-c4ccc(C(C)OC(C)=C5CC5)cn4)cc3)CC2)N1. The topological polar surface area (TPSA) is 114 Å². The van der Waals surface area contributed by atoms with Gasteiger partial charge in [-0.25, -0.2) is 0 Å². The van der Waals surface area contributed by atoms with Crippen molar-refractivity contribution >= 4 is 23.3 Å². The van der Waals surface area contributed by atoms with Gasteiger partial charge in [0.1, 0.15) is 32.0 Å². The number of allylic oxidation sites excluding steroid dienone is 3. The highest BCUT2D eigenvalue weighted by atomic mass is 16.5. The monoisotopic (exact) mass is 753 g/mol. The molecule has 1 aliphatic carbocycles. The number of anilines is 1. The number of ether oxygens (including phenoxy) is 3. The van der Waals surface area contributed by atoms with Gasteiger partial charge in [0, 0.05) is 36.1 Å². The minimum Gasteiger partial charge on any atom is -0.491 e. The van der Waals surface area contributed by atoms with Crippen molar-refractivity contribution in [3.8, 4) is 11.3 Å². The summed E-state index contributed by atoms with van der Waals surface area (Å²) in [6.07, 6.45) is 6.69. The lowest BCUT2D eigenvalue weighted by Gasteiger charge is -2.35. The Balaban J connectivity index is 0.932. The largest absolute Gasteiger partial charge is 0.491 e. The van der Waals surface area contributed by atoms with E-state index in [1.807, 2.05) is 73.8 Å². The summed E-state index contributed by atoms with van der Waals surface area (Å²) in [6, 6.07) is 32.1. The summed E-state index contributed by atoms with van der Waals surface area (Å²) in [5, 5.41) is 6.21. The molecule has 1 aromatic heterocycles. The molecule has 0 radical (unpaired) electrons. The normalized spacial score (nSPS) is 17.3. The molecule has 1 saturated carbocycles. The lowest BCUT2D eigenvalue weighted by atomic mass is 9.91. The first-order valence-corrected chi connectivity index (χ1v) is 19.7. The van der Waals surface area contributed by atoms with E-state index in [9.17, 15) is 9.59 Å². The molecule has 7 rings (SSSR count). The van der Waals surface area contributed by atoms with Crippen molar-refractivity contribution in [2.75, 3.05) is 24.5 Å². The molecule has 2 N–H and O–H groups in total. The molecule has 3 aliphatic rings. The number of pyridine rings is 1. The number of carbonyl (C=O) groups excluding carboxylic acids is 2. The van der Waals surface area contributed by atoms with Crippen molar-refractivity contribution in [3.63, 3.8) is 0 Å². The zero-order valence-corrected chi connectivity index (χ0v) is 32.5. The number of benzene rings is 3. The maximum atomic E-state index is 13.6. The van der Waals surface area contributed by atoms with Crippen LogP contribution in [0.25, 0.3) is 11.3 Å². The zero-order valence-electron chi connectivity index (χ0n) is 32.5. The average Bonchev–Trinajstić information content (AvgIpc) is 4.09. The van der Waals surface area contributed by atoms with E-state index in [0.29, 0.717) is 11.7 Å². The molecule has 1 saturated heterocycles. The molecular formula is C46H51N5O5. The third kappa shape index (κ3) is 10.2. The van der Waals surface area contributed by atoms with Gasteiger partial charge >= 0.3 is 5.97 Å². The minimum absolute atomic E-state index is 0.0258. The average molecular weight is 754 g/mol. The van der Waals surface area contributed by atoms with Crippen LogP contribution in [-0.2, 0) is 37.0 Å². The molecule has 1 amide bonds. The van der Waals surface area contributed by atoms with Crippen LogP contribution < -0.4 is 15.5 Å². The van der Waals surface area contributed by atoms with E-state index in [2.05, 4.69) is 65.8 Å². The van der Waals surface area contributed by atoms with E-state index in [1.165, 1.54) is 11.3 Å². The highest BCUT2D eigenvalue weighted by Gasteiger charge is 2.31. The predicted octanol–water partition coefficient (Wildman–Crippen LogP) is 8.18. The summed E-state index contributed by atoms with van der Waals surface area (Å²) < 4.78 is 17.7. The highest BCUT2D eigenvalue weighted by Crippen LogP contribution is 2.34. The summed E-state index contributed by atoms with van der Waals surface area (Å²) in [6.45, 7) is 8.04. The molecular weight excluding hydrogens is 703 g/mol. The Hall–Kier alpha value is -5.90. The van der Waals surface area contributed by atoms with Gasteiger partial charge in [-0.05, 0) is 93.7 Å². The van der Waals surface area contributed by atoms with Gasteiger partial charge in [0.15, 0.2) is 11.5 Å². The molecule has 56 heavy (non-hydrogen) atoms. The Morgan fingerprint density at radius 1 is 0.893 bits per heavy atom. The maximum absolute atomic E-state index is 13.6. The highest BCUT2D eigenvalue weighted by molar-refractivity contribution is 6.45. The summed E-state index contributed by atoms with van der Waals surface area (Å²) in [5.74, 6) is 0.852. The van der Waals surface area contributed by atoms with Crippen molar-refractivity contribution in [2.24, 2.45) is 10.9 Å².